The Kier molecular flexibility index (Phi) is 2.35. The summed E-state index contributed by atoms with van der Waals surface area (Å²) in [6, 6.07) is 8.21. The number of rotatable bonds is 2. The highest BCUT2D eigenvalue weighted by molar-refractivity contribution is 5.22. The zero-order valence-corrected chi connectivity index (χ0v) is 6.01. The predicted molar refractivity (Wildman–Crippen MR) is 43.4 cm³/mol. The molecular formula is C9H12N+. The molecule has 0 saturated heterocycles. The lowest BCUT2D eigenvalue weighted by Crippen LogP contribution is -1.95. The van der Waals surface area contributed by atoms with E-state index in [0.29, 0.717) is 6.54 Å². The van der Waals surface area contributed by atoms with Crippen molar-refractivity contribution in [2.75, 3.05) is 0 Å². The largest absolute Gasteiger partial charge is 0.326 e. The lowest BCUT2D eigenvalue weighted by Gasteiger charge is -1.95. The van der Waals surface area contributed by atoms with E-state index in [2.05, 4.69) is 19.1 Å². The van der Waals surface area contributed by atoms with Crippen LogP contribution in [0, 0.1) is 6.92 Å². The minimum Gasteiger partial charge on any atom is -0.326 e. The van der Waals surface area contributed by atoms with Gasteiger partial charge in [0.05, 0.1) is 6.92 Å². The van der Waals surface area contributed by atoms with Crippen LogP contribution in [0.15, 0.2) is 24.3 Å². The molecule has 1 rings (SSSR count). The van der Waals surface area contributed by atoms with E-state index in [-0.39, 0.29) is 0 Å². The summed E-state index contributed by atoms with van der Waals surface area (Å²) in [6.07, 6.45) is 0.852. The predicted octanol–water partition coefficient (Wildman–Crippen LogP) is 1.52. The molecule has 0 saturated carbocycles. The van der Waals surface area contributed by atoms with E-state index in [9.17, 15) is 0 Å². The minimum atomic E-state index is 0.622. The summed E-state index contributed by atoms with van der Waals surface area (Å²) >= 11 is 0. The normalized spacial score (nSPS) is 9.70. The standard InChI is InChI=1S/C9H12N/c1-2-8-3-5-9(7-10)6-4-8/h3-6H,1-2,7,10H2/q+1. The topological polar surface area (TPSA) is 26.0 Å². The molecule has 1 nitrogen and oxygen atoms in total. The van der Waals surface area contributed by atoms with E-state index in [1.54, 1.807) is 0 Å². The molecule has 0 atom stereocenters. The molecule has 0 radical (unpaired) electrons. The molecule has 0 heterocycles. The Bertz CT molecular complexity index is 165. The Morgan fingerprint density at radius 2 is 1.60 bits per heavy atom. The highest BCUT2D eigenvalue weighted by Gasteiger charge is 1.91. The molecule has 0 amide bonds. The van der Waals surface area contributed by atoms with Crippen LogP contribution >= 0.6 is 0 Å². The third kappa shape index (κ3) is 1.52. The van der Waals surface area contributed by atoms with Gasteiger partial charge in [-0.1, -0.05) is 24.3 Å². The average Bonchev–Trinajstić information content (AvgIpc) is 2.05. The van der Waals surface area contributed by atoms with Gasteiger partial charge in [0.15, 0.2) is 0 Å². The molecule has 0 bridgehead atoms. The van der Waals surface area contributed by atoms with Crippen molar-refractivity contribution in [3.63, 3.8) is 0 Å². The summed E-state index contributed by atoms with van der Waals surface area (Å²) in [5.41, 5.74) is 7.86. The molecule has 0 aromatic heterocycles. The van der Waals surface area contributed by atoms with E-state index < -0.39 is 0 Å². The van der Waals surface area contributed by atoms with Crippen LogP contribution < -0.4 is 5.73 Å². The van der Waals surface area contributed by atoms with Gasteiger partial charge >= 0.3 is 0 Å². The first kappa shape index (κ1) is 7.16. The molecule has 10 heavy (non-hydrogen) atoms. The second kappa shape index (κ2) is 3.28. The third-order valence-electron chi connectivity index (χ3n) is 1.55. The van der Waals surface area contributed by atoms with Crippen LogP contribution in [0.5, 0.6) is 0 Å². The van der Waals surface area contributed by atoms with Gasteiger partial charge in [-0.25, -0.2) is 0 Å². The van der Waals surface area contributed by atoms with E-state index in [1.165, 1.54) is 11.1 Å². The maximum atomic E-state index is 5.43. The highest BCUT2D eigenvalue weighted by Crippen LogP contribution is 2.03. The van der Waals surface area contributed by atoms with Crippen LogP contribution in [-0.4, -0.2) is 0 Å². The summed E-state index contributed by atoms with van der Waals surface area (Å²) in [6.45, 7) is 4.40. The van der Waals surface area contributed by atoms with Crippen LogP contribution in [0.4, 0.5) is 0 Å². The minimum absolute atomic E-state index is 0.622. The number of benzene rings is 1. The molecule has 0 aliphatic rings. The van der Waals surface area contributed by atoms with Crippen molar-refractivity contribution in [2.45, 2.75) is 13.0 Å². The molecule has 52 valence electrons. The van der Waals surface area contributed by atoms with E-state index >= 15 is 0 Å². The van der Waals surface area contributed by atoms with Crippen LogP contribution in [0.2, 0.25) is 0 Å². The van der Waals surface area contributed by atoms with Crippen molar-refractivity contribution in [1.82, 2.24) is 0 Å². The smallest absolute Gasteiger partial charge is 0.110 e. The van der Waals surface area contributed by atoms with Crippen molar-refractivity contribution >= 4 is 0 Å². The molecule has 0 aliphatic heterocycles. The van der Waals surface area contributed by atoms with Gasteiger partial charge in [0.2, 0.25) is 0 Å². The summed E-state index contributed by atoms with van der Waals surface area (Å²) in [7, 11) is 0. The molecular weight excluding hydrogens is 122 g/mol. The van der Waals surface area contributed by atoms with Crippen LogP contribution in [0.25, 0.3) is 0 Å². The molecule has 2 N–H and O–H groups in total. The van der Waals surface area contributed by atoms with Gasteiger partial charge in [-0.3, -0.25) is 0 Å². The maximum Gasteiger partial charge on any atom is 0.110 e. The first-order chi connectivity index (χ1) is 4.86. The fraction of sp³-hybridized carbons (Fsp3) is 0.222. The van der Waals surface area contributed by atoms with Crippen molar-refractivity contribution in [3.05, 3.63) is 42.3 Å². The first-order valence-electron chi connectivity index (χ1n) is 3.44. The quantitative estimate of drug-likeness (QED) is 0.610. The van der Waals surface area contributed by atoms with Gasteiger partial charge in [-0.15, -0.1) is 0 Å². The molecule has 0 fully saturated rings. The van der Waals surface area contributed by atoms with Crippen molar-refractivity contribution in [3.8, 4) is 0 Å². The molecule has 0 aliphatic carbocycles. The van der Waals surface area contributed by atoms with Gasteiger partial charge in [0.25, 0.3) is 0 Å². The number of hydrogen-bond donors (Lipinski definition) is 1. The second-order valence-corrected chi connectivity index (χ2v) is 2.27. The highest BCUT2D eigenvalue weighted by atomic mass is 14.5. The zero-order chi connectivity index (χ0) is 7.40. The third-order valence-corrected chi connectivity index (χ3v) is 1.55. The molecule has 0 unspecified atom stereocenters. The first-order valence-corrected chi connectivity index (χ1v) is 3.44. The molecule has 0 spiro atoms. The van der Waals surface area contributed by atoms with Crippen molar-refractivity contribution in [1.29, 1.82) is 0 Å². The Hall–Kier alpha value is -0.950. The van der Waals surface area contributed by atoms with Crippen LogP contribution in [0.3, 0.4) is 0 Å². The Balaban J connectivity index is 2.80. The van der Waals surface area contributed by atoms with Gasteiger partial charge in [-0.05, 0) is 11.1 Å². The van der Waals surface area contributed by atoms with Gasteiger partial charge in [0, 0.05) is 6.54 Å². The summed E-state index contributed by atoms with van der Waals surface area (Å²) in [5.74, 6) is 0. The lowest BCUT2D eigenvalue weighted by atomic mass is 10.1. The van der Waals surface area contributed by atoms with Crippen molar-refractivity contribution < 1.29 is 0 Å². The molecule has 1 aromatic rings. The van der Waals surface area contributed by atoms with Gasteiger partial charge in [0.1, 0.15) is 6.42 Å². The fourth-order valence-corrected chi connectivity index (χ4v) is 0.842. The summed E-state index contributed by atoms with van der Waals surface area (Å²) in [5, 5.41) is 0. The van der Waals surface area contributed by atoms with E-state index in [1.807, 2.05) is 12.1 Å². The Morgan fingerprint density at radius 1 is 1.10 bits per heavy atom. The van der Waals surface area contributed by atoms with Crippen LogP contribution in [-0.2, 0) is 13.0 Å². The number of nitrogens with two attached hydrogens (primary N) is 1. The lowest BCUT2D eigenvalue weighted by molar-refractivity contribution is 1.07. The number of hydrogen-bond acceptors (Lipinski definition) is 1. The monoisotopic (exact) mass is 134 g/mol. The summed E-state index contributed by atoms with van der Waals surface area (Å²) < 4.78 is 0. The fourth-order valence-electron chi connectivity index (χ4n) is 0.842. The Morgan fingerprint density at radius 3 is 2.00 bits per heavy atom. The van der Waals surface area contributed by atoms with E-state index in [0.717, 1.165) is 6.42 Å². The average molecular weight is 134 g/mol. The Labute approximate surface area is 61.9 Å². The van der Waals surface area contributed by atoms with Crippen molar-refractivity contribution in [2.24, 2.45) is 5.73 Å². The zero-order valence-electron chi connectivity index (χ0n) is 6.01. The second-order valence-electron chi connectivity index (χ2n) is 2.27. The SMILES string of the molecule is [CH2+]Cc1ccc(CN)cc1. The van der Waals surface area contributed by atoms with E-state index in [4.69, 9.17) is 5.73 Å². The van der Waals surface area contributed by atoms with Gasteiger partial charge < -0.3 is 5.73 Å². The van der Waals surface area contributed by atoms with Crippen LogP contribution in [0.1, 0.15) is 11.1 Å². The summed E-state index contributed by atoms with van der Waals surface area (Å²) in [4.78, 5) is 0. The molecule has 1 aromatic carbocycles. The maximum absolute atomic E-state index is 5.43. The van der Waals surface area contributed by atoms with Gasteiger partial charge in [-0.2, -0.15) is 0 Å². The molecule has 1 heteroatoms.